The number of hydrogen-bond acceptors (Lipinski definition) is 3. The van der Waals surface area contributed by atoms with Gasteiger partial charge in [-0.1, -0.05) is 0 Å². The number of rotatable bonds is 2. The number of hydrogen-bond donors (Lipinski definition) is 1. The van der Waals surface area contributed by atoms with Gasteiger partial charge in [-0.15, -0.1) is 12.4 Å². The van der Waals surface area contributed by atoms with Gasteiger partial charge in [-0.25, -0.2) is 4.68 Å². The summed E-state index contributed by atoms with van der Waals surface area (Å²) >= 11 is 0. The van der Waals surface area contributed by atoms with Crippen molar-refractivity contribution in [1.82, 2.24) is 15.0 Å². The van der Waals surface area contributed by atoms with Crippen molar-refractivity contribution in [2.75, 3.05) is 19.2 Å². The lowest BCUT2D eigenvalue weighted by Gasteiger charge is -2.35. The molecular weight excluding hydrogens is 236 g/mol. The van der Waals surface area contributed by atoms with E-state index in [9.17, 15) is 0 Å². The van der Waals surface area contributed by atoms with E-state index in [0.717, 1.165) is 5.82 Å². The topological polar surface area (TPSA) is 23.4 Å². The van der Waals surface area contributed by atoms with Gasteiger partial charge < -0.3 is 4.90 Å². The standard InChI is InChI=1S/C12H18N4.ClH/c1-10-7-8-11(2)15(10)16-12(14(3)4)6-5-9-13-16;/h5-9,13H,1-4H3;1H. The van der Waals surface area contributed by atoms with Crippen LogP contribution in [0.2, 0.25) is 0 Å². The predicted octanol–water partition coefficient (Wildman–Crippen LogP) is 1.90. The first-order valence-electron chi connectivity index (χ1n) is 5.37. The summed E-state index contributed by atoms with van der Waals surface area (Å²) in [4.78, 5) is 2.08. The summed E-state index contributed by atoms with van der Waals surface area (Å²) < 4.78 is 2.15. The van der Waals surface area contributed by atoms with Crippen LogP contribution in [-0.2, 0) is 0 Å². The molecule has 5 heteroatoms. The highest BCUT2D eigenvalue weighted by Crippen LogP contribution is 2.14. The molecule has 2 rings (SSSR count). The van der Waals surface area contributed by atoms with Gasteiger partial charge in [0.25, 0.3) is 0 Å². The number of hydrazine groups is 1. The van der Waals surface area contributed by atoms with Crippen molar-refractivity contribution in [3.8, 4) is 0 Å². The van der Waals surface area contributed by atoms with E-state index in [1.165, 1.54) is 11.4 Å². The zero-order chi connectivity index (χ0) is 11.7. The third-order valence-electron chi connectivity index (χ3n) is 2.65. The van der Waals surface area contributed by atoms with Crippen molar-refractivity contribution in [1.29, 1.82) is 0 Å². The first kappa shape index (κ1) is 13.5. The molecule has 0 aliphatic carbocycles. The van der Waals surface area contributed by atoms with Crippen LogP contribution in [0, 0.1) is 13.8 Å². The fraction of sp³-hybridized carbons (Fsp3) is 0.333. The summed E-state index contributed by atoms with van der Waals surface area (Å²) in [6.07, 6.45) is 6.00. The van der Waals surface area contributed by atoms with Crippen molar-refractivity contribution in [2.24, 2.45) is 0 Å². The summed E-state index contributed by atoms with van der Waals surface area (Å²) in [5.74, 6) is 1.10. The summed E-state index contributed by atoms with van der Waals surface area (Å²) in [5.41, 5.74) is 5.64. The van der Waals surface area contributed by atoms with Crippen LogP contribution in [0.4, 0.5) is 0 Å². The normalized spacial score (nSPS) is 13.9. The molecule has 94 valence electrons. The van der Waals surface area contributed by atoms with Crippen LogP contribution in [0.25, 0.3) is 0 Å². The second kappa shape index (κ2) is 5.19. The highest BCUT2D eigenvalue weighted by Gasteiger charge is 2.16. The Hall–Kier alpha value is -1.55. The molecule has 0 radical (unpaired) electrons. The maximum atomic E-state index is 3.24. The fourth-order valence-electron chi connectivity index (χ4n) is 1.86. The number of aryl methyl sites for hydroxylation is 2. The molecule has 1 aliphatic rings. The molecule has 0 fully saturated rings. The van der Waals surface area contributed by atoms with Gasteiger partial charge in [-0.2, -0.15) is 5.12 Å². The largest absolute Gasteiger partial charge is 0.361 e. The average Bonchev–Trinajstić information content (AvgIpc) is 2.58. The molecule has 0 atom stereocenters. The van der Waals surface area contributed by atoms with Crippen molar-refractivity contribution in [2.45, 2.75) is 13.8 Å². The van der Waals surface area contributed by atoms with Crippen LogP contribution < -0.4 is 10.5 Å². The molecule has 2 heterocycles. The molecule has 0 aromatic carbocycles. The second-order valence-corrected chi connectivity index (χ2v) is 4.15. The maximum absolute atomic E-state index is 3.24. The third-order valence-corrected chi connectivity index (χ3v) is 2.65. The molecule has 1 aromatic heterocycles. The van der Waals surface area contributed by atoms with E-state index in [4.69, 9.17) is 0 Å². The number of aromatic nitrogens is 1. The van der Waals surface area contributed by atoms with Crippen molar-refractivity contribution >= 4 is 12.4 Å². The Balaban J connectivity index is 0.00000144. The molecule has 0 bridgehead atoms. The van der Waals surface area contributed by atoms with E-state index in [2.05, 4.69) is 47.1 Å². The lowest BCUT2D eigenvalue weighted by Crippen LogP contribution is -2.48. The van der Waals surface area contributed by atoms with E-state index in [1.54, 1.807) is 0 Å². The van der Waals surface area contributed by atoms with Gasteiger partial charge in [0, 0.05) is 31.7 Å². The van der Waals surface area contributed by atoms with Gasteiger partial charge >= 0.3 is 0 Å². The smallest absolute Gasteiger partial charge is 0.146 e. The summed E-state index contributed by atoms with van der Waals surface area (Å²) in [7, 11) is 4.07. The Kier molecular flexibility index (Phi) is 4.12. The predicted molar refractivity (Wildman–Crippen MR) is 73.4 cm³/mol. The third kappa shape index (κ3) is 2.42. The van der Waals surface area contributed by atoms with Crippen LogP contribution in [0.3, 0.4) is 0 Å². The molecule has 1 N–H and O–H groups in total. The fourth-order valence-corrected chi connectivity index (χ4v) is 1.86. The zero-order valence-electron chi connectivity index (χ0n) is 10.6. The van der Waals surface area contributed by atoms with Gasteiger partial charge in [0.05, 0.1) is 0 Å². The number of halogens is 1. The number of allylic oxidation sites excluding steroid dienone is 2. The van der Waals surface area contributed by atoms with Crippen LogP contribution in [0.1, 0.15) is 11.4 Å². The molecule has 0 saturated heterocycles. The molecule has 0 amide bonds. The average molecular weight is 255 g/mol. The Morgan fingerprint density at radius 1 is 1.12 bits per heavy atom. The van der Waals surface area contributed by atoms with E-state index in [0.29, 0.717) is 0 Å². The second-order valence-electron chi connectivity index (χ2n) is 4.15. The lowest BCUT2D eigenvalue weighted by molar-refractivity contribution is 0.416. The molecular formula is C12H19ClN4. The minimum atomic E-state index is 0. The Labute approximate surface area is 109 Å². The van der Waals surface area contributed by atoms with Gasteiger partial charge in [-0.05, 0) is 38.1 Å². The maximum Gasteiger partial charge on any atom is 0.146 e. The summed E-state index contributed by atoms with van der Waals surface area (Å²) in [5, 5.41) is 2.03. The van der Waals surface area contributed by atoms with Crippen molar-refractivity contribution in [3.05, 3.63) is 47.7 Å². The molecule has 17 heavy (non-hydrogen) atoms. The van der Waals surface area contributed by atoms with Crippen LogP contribution >= 0.6 is 12.4 Å². The van der Waals surface area contributed by atoms with Gasteiger partial charge in [0.1, 0.15) is 5.82 Å². The van der Waals surface area contributed by atoms with Gasteiger partial charge in [0.15, 0.2) is 0 Å². The lowest BCUT2D eigenvalue weighted by atomic mass is 10.4. The molecule has 1 aromatic rings. The van der Waals surface area contributed by atoms with Crippen LogP contribution in [0.15, 0.2) is 36.3 Å². The summed E-state index contributed by atoms with van der Waals surface area (Å²) in [6, 6.07) is 4.23. The minimum Gasteiger partial charge on any atom is -0.361 e. The zero-order valence-corrected chi connectivity index (χ0v) is 11.5. The first-order valence-corrected chi connectivity index (χ1v) is 5.37. The molecule has 0 spiro atoms. The highest BCUT2D eigenvalue weighted by atomic mass is 35.5. The Morgan fingerprint density at radius 3 is 2.24 bits per heavy atom. The Bertz CT molecular complexity index is 426. The van der Waals surface area contributed by atoms with Crippen molar-refractivity contribution < 1.29 is 0 Å². The van der Waals surface area contributed by atoms with E-state index in [-0.39, 0.29) is 12.4 Å². The molecule has 1 aliphatic heterocycles. The quantitative estimate of drug-likeness (QED) is 0.872. The van der Waals surface area contributed by atoms with Crippen LogP contribution in [0.5, 0.6) is 0 Å². The van der Waals surface area contributed by atoms with Crippen molar-refractivity contribution in [3.63, 3.8) is 0 Å². The first-order chi connectivity index (χ1) is 7.61. The summed E-state index contributed by atoms with van der Waals surface area (Å²) in [6.45, 7) is 4.20. The van der Waals surface area contributed by atoms with E-state index in [1.807, 2.05) is 31.5 Å². The van der Waals surface area contributed by atoms with E-state index >= 15 is 0 Å². The number of nitrogens with zero attached hydrogens (tertiary/aromatic N) is 3. The van der Waals surface area contributed by atoms with Gasteiger partial charge in [0.2, 0.25) is 0 Å². The molecule has 4 nitrogen and oxygen atoms in total. The monoisotopic (exact) mass is 254 g/mol. The molecule has 0 unspecified atom stereocenters. The minimum absolute atomic E-state index is 0. The Morgan fingerprint density at radius 2 is 1.71 bits per heavy atom. The SMILES string of the molecule is Cc1ccc(C)n1N1NC=CC=C1N(C)C.Cl. The van der Waals surface area contributed by atoms with Crippen LogP contribution in [-0.4, -0.2) is 23.7 Å². The van der Waals surface area contributed by atoms with E-state index < -0.39 is 0 Å². The number of nitrogens with one attached hydrogen (secondary N) is 1. The molecule has 0 saturated carbocycles. The van der Waals surface area contributed by atoms with Gasteiger partial charge in [-0.3, -0.25) is 5.43 Å². The highest BCUT2D eigenvalue weighted by molar-refractivity contribution is 5.85.